The van der Waals surface area contributed by atoms with Crippen LogP contribution in [0.15, 0.2) is 36.4 Å². The van der Waals surface area contributed by atoms with E-state index in [9.17, 15) is 9.18 Å². The van der Waals surface area contributed by atoms with Gasteiger partial charge in [-0.25, -0.2) is 4.39 Å². The van der Waals surface area contributed by atoms with Gasteiger partial charge < -0.3 is 20.1 Å². The van der Waals surface area contributed by atoms with Crippen LogP contribution in [0.5, 0.6) is 5.75 Å². The van der Waals surface area contributed by atoms with E-state index in [1.807, 2.05) is 6.92 Å². The fourth-order valence-electron chi connectivity index (χ4n) is 2.73. The third-order valence-electron chi connectivity index (χ3n) is 3.93. The molecule has 2 N–H and O–H groups in total. The van der Waals surface area contributed by atoms with E-state index in [2.05, 4.69) is 4.98 Å². The number of halogens is 1. The molecule has 132 valence electrons. The molecular weight excluding hydrogens is 325 g/mol. The standard InChI is InChI=1S/C18H20FN3O3/c1-12-8-13(20)9-15(21-12)17-10-22(6-7-24-17)18(23)11-25-16-5-3-2-4-14(16)19/h2-5,8-9,17H,6-7,10-11H2,1H3,(H2,20,21)/t17-/m0/s1. The fourth-order valence-corrected chi connectivity index (χ4v) is 2.73. The average molecular weight is 345 g/mol. The van der Waals surface area contributed by atoms with Crippen LogP contribution in [-0.2, 0) is 9.53 Å². The molecule has 0 aliphatic carbocycles. The van der Waals surface area contributed by atoms with Gasteiger partial charge >= 0.3 is 0 Å². The number of nitrogens with zero attached hydrogens (tertiary/aromatic N) is 2. The number of morpholine rings is 1. The molecule has 6 nitrogen and oxygen atoms in total. The number of amides is 1. The highest BCUT2D eigenvalue weighted by molar-refractivity contribution is 5.78. The zero-order chi connectivity index (χ0) is 17.8. The Balaban J connectivity index is 1.62. The Morgan fingerprint density at radius 1 is 1.44 bits per heavy atom. The van der Waals surface area contributed by atoms with Crippen molar-refractivity contribution in [3.63, 3.8) is 0 Å². The second-order valence-electron chi connectivity index (χ2n) is 5.89. The smallest absolute Gasteiger partial charge is 0.260 e. The number of ether oxygens (including phenoxy) is 2. The van der Waals surface area contributed by atoms with Gasteiger partial charge in [0.1, 0.15) is 6.10 Å². The summed E-state index contributed by atoms with van der Waals surface area (Å²) in [7, 11) is 0. The van der Waals surface area contributed by atoms with Crippen molar-refractivity contribution in [1.29, 1.82) is 0 Å². The van der Waals surface area contributed by atoms with Crippen LogP contribution in [-0.4, -0.2) is 42.1 Å². The first-order chi connectivity index (χ1) is 12.0. The summed E-state index contributed by atoms with van der Waals surface area (Å²) in [5.41, 5.74) is 7.96. The Labute approximate surface area is 145 Å². The molecule has 1 atom stereocenters. The van der Waals surface area contributed by atoms with Gasteiger partial charge in [-0.3, -0.25) is 9.78 Å². The van der Waals surface area contributed by atoms with E-state index in [0.29, 0.717) is 31.1 Å². The molecule has 0 unspecified atom stereocenters. The summed E-state index contributed by atoms with van der Waals surface area (Å²) in [5.74, 6) is -0.652. The Bertz CT molecular complexity index is 749. The largest absolute Gasteiger partial charge is 0.481 e. The van der Waals surface area contributed by atoms with E-state index in [1.54, 1.807) is 29.2 Å². The number of hydrogen-bond donors (Lipinski definition) is 1. The maximum absolute atomic E-state index is 13.6. The van der Waals surface area contributed by atoms with E-state index >= 15 is 0 Å². The molecule has 0 bridgehead atoms. The van der Waals surface area contributed by atoms with Crippen LogP contribution in [0.4, 0.5) is 10.1 Å². The van der Waals surface area contributed by atoms with Crippen molar-refractivity contribution in [2.45, 2.75) is 13.0 Å². The lowest BCUT2D eigenvalue weighted by Crippen LogP contribution is -2.44. The van der Waals surface area contributed by atoms with Gasteiger partial charge in [0.2, 0.25) is 0 Å². The van der Waals surface area contributed by atoms with E-state index in [1.165, 1.54) is 12.1 Å². The van der Waals surface area contributed by atoms with Crippen molar-refractivity contribution < 1.29 is 18.7 Å². The molecule has 7 heteroatoms. The van der Waals surface area contributed by atoms with Gasteiger partial charge in [0, 0.05) is 17.9 Å². The average Bonchev–Trinajstić information content (AvgIpc) is 2.60. The third-order valence-corrected chi connectivity index (χ3v) is 3.93. The lowest BCUT2D eigenvalue weighted by Gasteiger charge is -2.32. The highest BCUT2D eigenvalue weighted by atomic mass is 19.1. The highest BCUT2D eigenvalue weighted by Crippen LogP contribution is 2.23. The number of aromatic nitrogens is 1. The molecule has 2 heterocycles. The first-order valence-electron chi connectivity index (χ1n) is 8.03. The quantitative estimate of drug-likeness (QED) is 0.918. The van der Waals surface area contributed by atoms with Crippen molar-refractivity contribution in [2.75, 3.05) is 32.0 Å². The second-order valence-corrected chi connectivity index (χ2v) is 5.89. The van der Waals surface area contributed by atoms with Gasteiger partial charge in [-0.15, -0.1) is 0 Å². The number of carbonyl (C=O) groups excluding carboxylic acids is 1. The van der Waals surface area contributed by atoms with E-state index < -0.39 is 5.82 Å². The number of aryl methyl sites for hydroxylation is 1. The van der Waals surface area contributed by atoms with Gasteiger partial charge in [-0.05, 0) is 31.2 Å². The van der Waals surface area contributed by atoms with E-state index in [-0.39, 0.29) is 24.4 Å². The number of carbonyl (C=O) groups is 1. The van der Waals surface area contributed by atoms with E-state index in [4.69, 9.17) is 15.2 Å². The Morgan fingerprint density at radius 3 is 3.00 bits per heavy atom. The fraction of sp³-hybridized carbons (Fsp3) is 0.333. The van der Waals surface area contributed by atoms with Crippen LogP contribution < -0.4 is 10.5 Å². The number of benzene rings is 1. The molecule has 1 saturated heterocycles. The summed E-state index contributed by atoms with van der Waals surface area (Å²) >= 11 is 0. The topological polar surface area (TPSA) is 77.7 Å². The molecule has 0 radical (unpaired) electrons. The molecular formula is C18H20FN3O3. The Kier molecular flexibility index (Phi) is 5.14. The predicted molar refractivity (Wildman–Crippen MR) is 90.6 cm³/mol. The summed E-state index contributed by atoms with van der Waals surface area (Å²) in [6, 6.07) is 9.53. The van der Waals surface area contributed by atoms with E-state index in [0.717, 1.165) is 5.69 Å². The van der Waals surface area contributed by atoms with Crippen LogP contribution in [0, 0.1) is 12.7 Å². The molecule has 3 rings (SSSR count). The molecule has 0 spiro atoms. The van der Waals surface area contributed by atoms with Gasteiger partial charge in [-0.1, -0.05) is 12.1 Å². The molecule has 1 aromatic heterocycles. The summed E-state index contributed by atoms with van der Waals surface area (Å²) in [4.78, 5) is 18.4. The van der Waals surface area contributed by atoms with Crippen molar-refractivity contribution in [3.05, 3.63) is 53.6 Å². The van der Waals surface area contributed by atoms with Crippen LogP contribution in [0.2, 0.25) is 0 Å². The number of pyridine rings is 1. The van der Waals surface area contributed by atoms with Crippen molar-refractivity contribution >= 4 is 11.6 Å². The summed E-state index contributed by atoms with van der Waals surface area (Å²) in [5, 5.41) is 0. The van der Waals surface area contributed by atoms with Crippen molar-refractivity contribution in [3.8, 4) is 5.75 Å². The van der Waals surface area contributed by atoms with Gasteiger partial charge in [0.15, 0.2) is 18.2 Å². The lowest BCUT2D eigenvalue weighted by atomic mass is 10.1. The summed E-state index contributed by atoms with van der Waals surface area (Å²) in [6.07, 6.45) is -0.339. The number of nitrogen functional groups attached to an aromatic ring is 1. The normalized spacial score (nSPS) is 17.4. The number of rotatable bonds is 4. The summed E-state index contributed by atoms with van der Waals surface area (Å²) in [6.45, 7) is 2.84. The van der Waals surface area contributed by atoms with Crippen molar-refractivity contribution in [2.24, 2.45) is 0 Å². The van der Waals surface area contributed by atoms with Crippen LogP contribution in [0.1, 0.15) is 17.5 Å². The minimum Gasteiger partial charge on any atom is -0.481 e. The maximum Gasteiger partial charge on any atom is 0.260 e. The minimum absolute atomic E-state index is 0.0637. The molecule has 1 aliphatic rings. The monoisotopic (exact) mass is 345 g/mol. The van der Waals surface area contributed by atoms with Gasteiger partial charge in [0.05, 0.1) is 18.8 Å². The predicted octanol–water partition coefficient (Wildman–Crippen LogP) is 2.09. The summed E-state index contributed by atoms with van der Waals surface area (Å²) < 4.78 is 24.6. The number of para-hydroxylation sites is 1. The van der Waals surface area contributed by atoms with Gasteiger partial charge in [-0.2, -0.15) is 0 Å². The van der Waals surface area contributed by atoms with Crippen molar-refractivity contribution in [1.82, 2.24) is 9.88 Å². The molecule has 2 aromatic rings. The third kappa shape index (κ3) is 4.24. The first-order valence-corrected chi connectivity index (χ1v) is 8.03. The number of anilines is 1. The molecule has 25 heavy (non-hydrogen) atoms. The first kappa shape index (κ1) is 17.2. The SMILES string of the molecule is Cc1cc(N)cc([C@@H]2CN(C(=O)COc3ccccc3F)CCO2)n1. The lowest BCUT2D eigenvalue weighted by molar-refractivity contribution is -0.141. The number of nitrogens with two attached hydrogens (primary N) is 1. The number of hydrogen-bond acceptors (Lipinski definition) is 5. The maximum atomic E-state index is 13.6. The Morgan fingerprint density at radius 2 is 2.24 bits per heavy atom. The van der Waals surface area contributed by atoms with Crippen LogP contribution >= 0.6 is 0 Å². The zero-order valence-electron chi connectivity index (χ0n) is 13.9. The molecule has 1 aromatic carbocycles. The second kappa shape index (κ2) is 7.48. The molecule has 1 fully saturated rings. The molecule has 1 amide bonds. The zero-order valence-corrected chi connectivity index (χ0v) is 13.9. The van der Waals surface area contributed by atoms with Gasteiger partial charge in [0.25, 0.3) is 5.91 Å². The molecule has 1 aliphatic heterocycles. The Hall–Kier alpha value is -2.67. The minimum atomic E-state index is -0.491. The molecule has 0 saturated carbocycles. The van der Waals surface area contributed by atoms with Crippen LogP contribution in [0.25, 0.3) is 0 Å². The highest BCUT2D eigenvalue weighted by Gasteiger charge is 2.27. The van der Waals surface area contributed by atoms with Crippen LogP contribution in [0.3, 0.4) is 0 Å².